The molecule has 4 aromatic rings. The number of hydrogen-bond acceptors (Lipinski definition) is 6. The normalized spacial score (nSPS) is 14.1. The molecule has 7 nitrogen and oxygen atoms in total. The van der Waals surface area contributed by atoms with Gasteiger partial charge in [0.05, 0.1) is 23.1 Å². The third kappa shape index (κ3) is 3.88. The molecule has 0 saturated heterocycles. The standard InChI is InChI=1S/C22H22N4O3S3/c1-26(32(28,29)19-11-6-12-30-19)13-18(27)25-22-20(14-7-2-5-10-17(14)31-22)21-23-15-8-3-4-9-16(15)24-21/h3-4,6,8-9,11-12H,2,5,7,10,13H2,1H3,(H,23,24)(H,25,27). The molecule has 1 amide bonds. The number of likely N-dealkylation sites (N-methyl/N-ethyl adjacent to an activating group) is 1. The number of nitrogens with zero attached hydrogens (tertiary/aromatic N) is 2. The van der Waals surface area contributed by atoms with Gasteiger partial charge in [-0.25, -0.2) is 13.4 Å². The summed E-state index contributed by atoms with van der Waals surface area (Å²) in [6.07, 6.45) is 4.16. The highest BCUT2D eigenvalue weighted by Crippen LogP contribution is 2.43. The molecule has 0 radical (unpaired) electrons. The van der Waals surface area contributed by atoms with Crippen LogP contribution in [0.5, 0.6) is 0 Å². The van der Waals surface area contributed by atoms with Crippen molar-refractivity contribution in [2.24, 2.45) is 0 Å². The molecule has 0 bridgehead atoms. The summed E-state index contributed by atoms with van der Waals surface area (Å²) in [7, 11) is -2.26. The van der Waals surface area contributed by atoms with Gasteiger partial charge < -0.3 is 10.3 Å². The van der Waals surface area contributed by atoms with Crippen molar-refractivity contribution in [1.29, 1.82) is 0 Å². The number of carbonyl (C=O) groups is 1. The predicted molar refractivity (Wildman–Crippen MR) is 129 cm³/mol. The maximum absolute atomic E-state index is 12.9. The van der Waals surface area contributed by atoms with Crippen molar-refractivity contribution in [3.05, 3.63) is 52.2 Å². The Bertz CT molecular complexity index is 1350. The first-order valence-electron chi connectivity index (χ1n) is 10.3. The number of imidazole rings is 1. The summed E-state index contributed by atoms with van der Waals surface area (Å²) < 4.78 is 26.7. The summed E-state index contributed by atoms with van der Waals surface area (Å²) in [5.41, 5.74) is 3.97. The van der Waals surface area contributed by atoms with E-state index < -0.39 is 10.0 Å². The molecule has 0 aliphatic heterocycles. The number of aryl methyl sites for hydroxylation is 1. The second-order valence-electron chi connectivity index (χ2n) is 7.76. The van der Waals surface area contributed by atoms with Gasteiger partial charge in [0.1, 0.15) is 15.0 Å². The van der Waals surface area contributed by atoms with Crippen LogP contribution < -0.4 is 5.32 Å². The van der Waals surface area contributed by atoms with E-state index in [2.05, 4.69) is 10.3 Å². The summed E-state index contributed by atoms with van der Waals surface area (Å²) in [4.78, 5) is 22.3. The number of anilines is 1. The summed E-state index contributed by atoms with van der Waals surface area (Å²) in [5.74, 6) is 0.365. The van der Waals surface area contributed by atoms with Crippen LogP contribution in [-0.4, -0.2) is 42.2 Å². The molecule has 3 heterocycles. The van der Waals surface area contributed by atoms with Crippen molar-refractivity contribution in [2.45, 2.75) is 29.9 Å². The van der Waals surface area contributed by atoms with Crippen LogP contribution in [0.1, 0.15) is 23.3 Å². The maximum atomic E-state index is 12.9. The Hall–Kier alpha value is -2.53. The molecule has 0 spiro atoms. The van der Waals surface area contributed by atoms with Gasteiger partial charge in [-0.15, -0.1) is 22.7 Å². The Kier molecular flexibility index (Phi) is 5.62. The van der Waals surface area contributed by atoms with Crippen molar-refractivity contribution < 1.29 is 13.2 Å². The Morgan fingerprint density at radius 2 is 2.00 bits per heavy atom. The topological polar surface area (TPSA) is 95.2 Å². The van der Waals surface area contributed by atoms with E-state index in [0.717, 1.165) is 68.7 Å². The smallest absolute Gasteiger partial charge is 0.252 e. The van der Waals surface area contributed by atoms with Gasteiger partial charge in [-0.2, -0.15) is 4.31 Å². The number of rotatable bonds is 6. The molecule has 3 aromatic heterocycles. The van der Waals surface area contributed by atoms with Gasteiger partial charge in [0.15, 0.2) is 0 Å². The van der Waals surface area contributed by atoms with Crippen LogP contribution in [0.25, 0.3) is 22.4 Å². The van der Waals surface area contributed by atoms with E-state index in [1.165, 1.54) is 17.5 Å². The zero-order chi connectivity index (χ0) is 22.3. The minimum Gasteiger partial charge on any atom is -0.338 e. The highest BCUT2D eigenvalue weighted by molar-refractivity contribution is 7.91. The number of benzene rings is 1. The number of thiophene rings is 2. The lowest BCUT2D eigenvalue weighted by Crippen LogP contribution is -2.34. The van der Waals surface area contributed by atoms with Crippen LogP contribution >= 0.6 is 22.7 Å². The zero-order valence-electron chi connectivity index (χ0n) is 17.4. The summed E-state index contributed by atoms with van der Waals surface area (Å²) in [6.45, 7) is -0.262. The molecule has 0 atom stereocenters. The van der Waals surface area contributed by atoms with Gasteiger partial charge in [0, 0.05) is 11.9 Å². The molecule has 10 heteroatoms. The van der Waals surface area contributed by atoms with Gasteiger partial charge in [-0.1, -0.05) is 18.2 Å². The molecule has 32 heavy (non-hydrogen) atoms. The molecule has 1 aromatic carbocycles. The zero-order valence-corrected chi connectivity index (χ0v) is 19.9. The number of para-hydroxylation sites is 2. The van der Waals surface area contributed by atoms with E-state index in [4.69, 9.17) is 4.98 Å². The molecular weight excluding hydrogens is 464 g/mol. The second-order valence-corrected chi connectivity index (χ2v) is 12.1. The molecule has 2 N–H and O–H groups in total. The Balaban J connectivity index is 1.45. The number of fused-ring (bicyclic) bond motifs is 2. The van der Waals surface area contributed by atoms with Crippen LogP contribution in [0.3, 0.4) is 0 Å². The molecule has 0 saturated carbocycles. The number of aromatic amines is 1. The van der Waals surface area contributed by atoms with Crippen molar-refractivity contribution >= 4 is 54.6 Å². The first kappa shape index (κ1) is 21.3. The Morgan fingerprint density at radius 1 is 1.19 bits per heavy atom. The lowest BCUT2D eigenvalue weighted by Gasteiger charge is -2.16. The largest absolute Gasteiger partial charge is 0.338 e. The summed E-state index contributed by atoms with van der Waals surface area (Å²) in [6, 6.07) is 11.1. The average Bonchev–Trinajstić information content (AvgIpc) is 3.51. The van der Waals surface area contributed by atoms with Gasteiger partial charge in [0.2, 0.25) is 5.91 Å². The maximum Gasteiger partial charge on any atom is 0.252 e. The van der Waals surface area contributed by atoms with E-state index in [-0.39, 0.29) is 16.7 Å². The van der Waals surface area contributed by atoms with Crippen molar-refractivity contribution in [3.8, 4) is 11.4 Å². The minimum atomic E-state index is -3.69. The Labute approximate surface area is 194 Å². The molecule has 1 aliphatic carbocycles. The number of carbonyl (C=O) groups excluding carboxylic acids is 1. The number of H-pyrrole nitrogens is 1. The van der Waals surface area contributed by atoms with Crippen LogP contribution in [0.15, 0.2) is 46.0 Å². The van der Waals surface area contributed by atoms with E-state index in [1.54, 1.807) is 28.8 Å². The fourth-order valence-corrected chi connectivity index (χ4v) is 7.63. The average molecular weight is 487 g/mol. The van der Waals surface area contributed by atoms with Gasteiger partial charge in [-0.05, 0) is 54.8 Å². The third-order valence-electron chi connectivity index (χ3n) is 5.58. The summed E-state index contributed by atoms with van der Waals surface area (Å²) in [5, 5.41) is 5.41. The van der Waals surface area contributed by atoms with Crippen LogP contribution in [-0.2, 0) is 27.7 Å². The number of amides is 1. The fourth-order valence-electron chi connectivity index (χ4n) is 3.99. The highest BCUT2D eigenvalue weighted by atomic mass is 32.2. The fraction of sp³-hybridized carbons (Fsp3) is 0.273. The van der Waals surface area contributed by atoms with Crippen LogP contribution in [0.4, 0.5) is 5.00 Å². The third-order valence-corrected chi connectivity index (χ3v) is 9.96. The molecular formula is C22H22N4O3S3. The minimum absolute atomic E-state index is 0.224. The van der Waals surface area contributed by atoms with Gasteiger partial charge in [-0.3, -0.25) is 4.79 Å². The molecule has 0 unspecified atom stereocenters. The number of aromatic nitrogens is 2. The lowest BCUT2D eigenvalue weighted by atomic mass is 9.95. The number of hydrogen-bond donors (Lipinski definition) is 2. The predicted octanol–water partition coefficient (Wildman–Crippen LogP) is 4.49. The van der Waals surface area contributed by atoms with Crippen LogP contribution in [0.2, 0.25) is 0 Å². The monoisotopic (exact) mass is 486 g/mol. The molecule has 1 aliphatic rings. The van der Waals surface area contributed by atoms with E-state index in [1.807, 2.05) is 24.3 Å². The van der Waals surface area contributed by atoms with E-state index >= 15 is 0 Å². The van der Waals surface area contributed by atoms with Crippen LogP contribution in [0, 0.1) is 0 Å². The van der Waals surface area contributed by atoms with Crippen molar-refractivity contribution in [3.63, 3.8) is 0 Å². The number of sulfonamides is 1. The first-order valence-corrected chi connectivity index (χ1v) is 13.5. The SMILES string of the molecule is CN(CC(=O)Nc1sc2c(c1-c1nc3ccccc3[nH]1)CCCC2)S(=O)(=O)c1cccs1. The Morgan fingerprint density at radius 3 is 2.78 bits per heavy atom. The number of nitrogens with one attached hydrogen (secondary N) is 2. The molecule has 5 rings (SSSR count). The molecule has 166 valence electrons. The van der Waals surface area contributed by atoms with Crippen molar-refractivity contribution in [2.75, 3.05) is 18.9 Å². The first-order chi connectivity index (χ1) is 15.4. The molecule has 0 fully saturated rings. The highest BCUT2D eigenvalue weighted by Gasteiger charge is 2.27. The van der Waals surface area contributed by atoms with Gasteiger partial charge in [0.25, 0.3) is 10.0 Å². The van der Waals surface area contributed by atoms with Gasteiger partial charge >= 0.3 is 0 Å². The second kappa shape index (κ2) is 8.43. The quantitative estimate of drug-likeness (QED) is 0.420. The van der Waals surface area contributed by atoms with Crippen molar-refractivity contribution in [1.82, 2.24) is 14.3 Å². The lowest BCUT2D eigenvalue weighted by molar-refractivity contribution is -0.116. The summed E-state index contributed by atoms with van der Waals surface area (Å²) >= 11 is 2.71. The van der Waals surface area contributed by atoms with E-state index in [9.17, 15) is 13.2 Å². The van der Waals surface area contributed by atoms with E-state index in [0.29, 0.717) is 0 Å².